The molecule has 26 heavy (non-hydrogen) atoms. The van der Waals surface area contributed by atoms with Gasteiger partial charge in [-0.3, -0.25) is 4.79 Å². The molecule has 0 aliphatic heterocycles. The molecule has 0 aromatic heterocycles. The summed E-state index contributed by atoms with van der Waals surface area (Å²) in [7, 11) is 0. The lowest BCUT2D eigenvalue weighted by Gasteiger charge is -2.19. The minimum Gasteiger partial charge on any atom is -0.479 e. The molecule has 2 aromatic carbocycles. The van der Waals surface area contributed by atoms with Crippen LogP contribution >= 0.6 is 15.9 Å². The number of carbonyl (C=O) groups excluding carboxylic acids is 2. The van der Waals surface area contributed by atoms with Crippen molar-refractivity contribution in [3.8, 4) is 5.75 Å². The van der Waals surface area contributed by atoms with E-state index in [2.05, 4.69) is 21.2 Å². The van der Waals surface area contributed by atoms with E-state index in [9.17, 15) is 9.59 Å². The Balaban J connectivity index is 1.93. The third kappa shape index (κ3) is 5.33. The summed E-state index contributed by atoms with van der Waals surface area (Å²) in [6.45, 7) is 6.94. The van der Waals surface area contributed by atoms with Crippen molar-refractivity contribution in [3.05, 3.63) is 58.1 Å². The number of carbonyl (C=O) groups is 2. The van der Waals surface area contributed by atoms with E-state index in [1.54, 1.807) is 19.1 Å². The number of nitrogens with one attached hydrogen (secondary N) is 1. The summed E-state index contributed by atoms with van der Waals surface area (Å²) in [5, 5.41) is 2.82. The maximum Gasteiger partial charge on any atom is 0.347 e. The third-order valence-electron chi connectivity index (χ3n) is 3.85. The van der Waals surface area contributed by atoms with Crippen molar-refractivity contribution in [1.82, 2.24) is 0 Å². The summed E-state index contributed by atoms with van der Waals surface area (Å²) in [4.78, 5) is 24.5. The second-order valence-electron chi connectivity index (χ2n) is 6.05. The molecule has 0 unspecified atom stereocenters. The van der Waals surface area contributed by atoms with Crippen LogP contribution in [-0.4, -0.2) is 24.1 Å². The Morgan fingerprint density at radius 2 is 1.54 bits per heavy atom. The Morgan fingerprint density at radius 1 is 0.962 bits per heavy atom. The van der Waals surface area contributed by atoms with Crippen LogP contribution in [0.15, 0.2) is 46.9 Å². The summed E-state index contributed by atoms with van der Waals surface area (Å²) < 4.78 is 11.7. The fourth-order valence-corrected chi connectivity index (χ4v) is 2.59. The second kappa shape index (κ2) is 8.85. The molecule has 0 heterocycles. The van der Waals surface area contributed by atoms with Crippen molar-refractivity contribution < 1.29 is 19.1 Å². The van der Waals surface area contributed by atoms with Gasteiger partial charge < -0.3 is 14.8 Å². The van der Waals surface area contributed by atoms with Gasteiger partial charge in [0.2, 0.25) is 0 Å². The van der Waals surface area contributed by atoms with E-state index in [0.29, 0.717) is 5.75 Å². The minimum absolute atomic E-state index is 0.383. The zero-order valence-corrected chi connectivity index (χ0v) is 16.8. The van der Waals surface area contributed by atoms with E-state index < -0.39 is 18.2 Å². The van der Waals surface area contributed by atoms with Crippen molar-refractivity contribution >= 4 is 33.5 Å². The molecule has 0 aliphatic carbocycles. The van der Waals surface area contributed by atoms with Crippen molar-refractivity contribution in [2.75, 3.05) is 5.32 Å². The Morgan fingerprint density at radius 3 is 2.12 bits per heavy atom. The van der Waals surface area contributed by atoms with Gasteiger partial charge in [-0.1, -0.05) is 34.1 Å². The third-order valence-corrected chi connectivity index (χ3v) is 4.38. The monoisotopic (exact) mass is 419 g/mol. The average molecular weight is 420 g/mol. The van der Waals surface area contributed by atoms with Crippen LogP contribution in [-0.2, 0) is 14.3 Å². The number of anilines is 1. The summed E-state index contributed by atoms with van der Waals surface area (Å²) >= 11 is 3.33. The lowest BCUT2D eigenvalue weighted by atomic mass is 10.1. The fourth-order valence-electron chi connectivity index (χ4n) is 2.33. The van der Waals surface area contributed by atoms with Gasteiger partial charge in [-0.2, -0.15) is 0 Å². The number of ether oxygens (including phenoxy) is 2. The first kappa shape index (κ1) is 20.0. The van der Waals surface area contributed by atoms with Crippen LogP contribution in [0.1, 0.15) is 25.0 Å². The Hall–Kier alpha value is -2.34. The van der Waals surface area contributed by atoms with Crippen LogP contribution in [0.2, 0.25) is 0 Å². The maximum absolute atomic E-state index is 12.3. The molecule has 2 aromatic rings. The van der Waals surface area contributed by atoms with Gasteiger partial charge in [0.1, 0.15) is 5.75 Å². The fraction of sp³-hybridized carbons (Fsp3) is 0.300. The Bertz CT molecular complexity index is 769. The van der Waals surface area contributed by atoms with Crippen LogP contribution in [0.3, 0.4) is 0 Å². The molecule has 138 valence electrons. The van der Waals surface area contributed by atoms with E-state index in [0.717, 1.165) is 21.3 Å². The molecule has 0 saturated heterocycles. The summed E-state index contributed by atoms with van der Waals surface area (Å²) in [5.41, 5.74) is 2.63. The average Bonchev–Trinajstić information content (AvgIpc) is 2.59. The maximum atomic E-state index is 12.3. The molecule has 0 spiro atoms. The zero-order chi connectivity index (χ0) is 19.3. The molecule has 1 N–H and O–H groups in total. The van der Waals surface area contributed by atoms with Gasteiger partial charge in [-0.05, 0) is 63.1 Å². The summed E-state index contributed by atoms with van der Waals surface area (Å²) in [6, 6.07) is 12.9. The Kier molecular flexibility index (Phi) is 6.80. The van der Waals surface area contributed by atoms with Crippen molar-refractivity contribution in [2.24, 2.45) is 0 Å². The summed E-state index contributed by atoms with van der Waals surface area (Å²) in [6.07, 6.45) is -1.76. The lowest BCUT2D eigenvalue weighted by molar-refractivity contribution is -0.159. The largest absolute Gasteiger partial charge is 0.479 e. The topological polar surface area (TPSA) is 64.6 Å². The number of amides is 1. The molecule has 1 amide bonds. The number of aryl methyl sites for hydroxylation is 2. The summed E-state index contributed by atoms with van der Waals surface area (Å²) in [5.74, 6) is -0.436. The first-order valence-corrected chi connectivity index (χ1v) is 9.07. The van der Waals surface area contributed by atoms with Crippen LogP contribution in [0, 0.1) is 13.8 Å². The number of benzene rings is 2. The molecule has 0 aliphatic rings. The van der Waals surface area contributed by atoms with Gasteiger partial charge in [-0.15, -0.1) is 0 Å². The number of hydrogen-bond acceptors (Lipinski definition) is 4. The normalized spacial score (nSPS) is 12.8. The Labute approximate surface area is 161 Å². The van der Waals surface area contributed by atoms with Gasteiger partial charge in [0.15, 0.2) is 12.2 Å². The second-order valence-corrected chi connectivity index (χ2v) is 6.96. The van der Waals surface area contributed by atoms with Gasteiger partial charge in [-0.25, -0.2) is 4.79 Å². The van der Waals surface area contributed by atoms with Crippen LogP contribution < -0.4 is 10.1 Å². The molecular weight excluding hydrogens is 398 g/mol. The van der Waals surface area contributed by atoms with Crippen LogP contribution in [0.4, 0.5) is 5.69 Å². The molecule has 5 nitrogen and oxygen atoms in total. The lowest BCUT2D eigenvalue weighted by Crippen LogP contribution is -2.35. The smallest absolute Gasteiger partial charge is 0.347 e. The van der Waals surface area contributed by atoms with Crippen LogP contribution in [0.5, 0.6) is 5.75 Å². The zero-order valence-electron chi connectivity index (χ0n) is 15.2. The van der Waals surface area contributed by atoms with Crippen molar-refractivity contribution in [1.29, 1.82) is 0 Å². The molecule has 6 heteroatoms. The molecular formula is C20H22BrNO4. The highest BCUT2D eigenvalue weighted by Crippen LogP contribution is 2.20. The molecule has 0 saturated carbocycles. The van der Waals surface area contributed by atoms with Gasteiger partial charge in [0.25, 0.3) is 5.91 Å². The highest BCUT2D eigenvalue weighted by molar-refractivity contribution is 9.10. The molecule has 0 fully saturated rings. The van der Waals surface area contributed by atoms with E-state index in [1.807, 2.05) is 44.2 Å². The molecule has 2 rings (SSSR count). The number of hydrogen-bond donors (Lipinski definition) is 1. The number of para-hydroxylation sites is 1. The standard InChI is InChI=1S/C20H22BrNO4/c1-12-6-5-7-13(2)18(12)22-19(23)14(3)26-20(24)15(4)25-17-10-8-16(21)9-11-17/h5-11,14-15H,1-4H3,(H,22,23)/t14-,15-/m1/s1. The number of halogens is 1. The van der Waals surface area contributed by atoms with Crippen molar-refractivity contribution in [3.63, 3.8) is 0 Å². The van der Waals surface area contributed by atoms with Gasteiger partial charge in [0.05, 0.1) is 0 Å². The van der Waals surface area contributed by atoms with E-state index in [4.69, 9.17) is 9.47 Å². The van der Waals surface area contributed by atoms with Gasteiger partial charge in [0, 0.05) is 10.2 Å². The van der Waals surface area contributed by atoms with Crippen LogP contribution in [0.25, 0.3) is 0 Å². The first-order chi connectivity index (χ1) is 12.3. The molecule has 0 radical (unpaired) electrons. The van der Waals surface area contributed by atoms with Crippen molar-refractivity contribution in [2.45, 2.75) is 39.9 Å². The highest BCUT2D eigenvalue weighted by atomic mass is 79.9. The SMILES string of the molecule is Cc1cccc(C)c1NC(=O)[C@@H](C)OC(=O)[C@@H](C)Oc1ccc(Br)cc1. The van der Waals surface area contributed by atoms with E-state index in [-0.39, 0.29) is 5.91 Å². The van der Waals surface area contributed by atoms with E-state index in [1.165, 1.54) is 6.92 Å². The number of rotatable bonds is 6. The predicted molar refractivity (Wildman–Crippen MR) is 104 cm³/mol. The predicted octanol–water partition coefficient (Wildman–Crippen LogP) is 4.40. The first-order valence-electron chi connectivity index (χ1n) is 8.27. The quantitative estimate of drug-likeness (QED) is 0.704. The molecule has 0 bridgehead atoms. The minimum atomic E-state index is -0.933. The number of esters is 1. The molecule has 2 atom stereocenters. The van der Waals surface area contributed by atoms with E-state index >= 15 is 0 Å². The van der Waals surface area contributed by atoms with Gasteiger partial charge >= 0.3 is 5.97 Å². The highest BCUT2D eigenvalue weighted by Gasteiger charge is 2.24.